The zero-order chi connectivity index (χ0) is 22.5. The number of thiophene rings is 1. The van der Waals surface area contributed by atoms with Gasteiger partial charge in [0.2, 0.25) is 5.91 Å². The molecule has 0 saturated carbocycles. The highest BCUT2D eigenvalue weighted by molar-refractivity contribution is 7.10. The minimum absolute atomic E-state index is 0.0269. The van der Waals surface area contributed by atoms with Crippen LogP contribution in [0, 0.1) is 0 Å². The number of amides is 2. The minimum Gasteiger partial charge on any atom is -0.355 e. The number of nitrogens with one attached hydrogen (secondary N) is 1. The fraction of sp³-hybridized carbons (Fsp3) is 0.308. The van der Waals surface area contributed by atoms with Gasteiger partial charge in [0.05, 0.1) is 12.0 Å². The first-order chi connectivity index (χ1) is 15.6. The summed E-state index contributed by atoms with van der Waals surface area (Å²) in [5.74, 6) is -0.485. The molecule has 0 spiro atoms. The molecule has 0 aliphatic carbocycles. The van der Waals surface area contributed by atoms with Gasteiger partial charge in [-0.1, -0.05) is 54.6 Å². The number of benzene rings is 2. The highest BCUT2D eigenvalue weighted by atomic mass is 32.1. The zero-order valence-electron chi connectivity index (χ0n) is 18.5. The topological polar surface area (TPSA) is 52.7 Å². The molecule has 1 N–H and O–H groups in total. The summed E-state index contributed by atoms with van der Waals surface area (Å²) in [6, 6.07) is 21.6. The first-order valence-corrected chi connectivity index (χ1v) is 11.8. The van der Waals surface area contributed by atoms with E-state index in [1.54, 1.807) is 23.3 Å². The van der Waals surface area contributed by atoms with Gasteiger partial charge in [-0.3, -0.25) is 9.59 Å². The van der Waals surface area contributed by atoms with Crippen molar-refractivity contribution < 1.29 is 9.59 Å². The molecule has 2 atom stereocenters. The molecule has 6 heteroatoms. The van der Waals surface area contributed by atoms with Gasteiger partial charge < -0.3 is 15.1 Å². The Balaban J connectivity index is 1.42. The molecule has 0 bridgehead atoms. The summed E-state index contributed by atoms with van der Waals surface area (Å²) < 4.78 is 0. The van der Waals surface area contributed by atoms with Crippen LogP contribution in [-0.2, 0) is 11.3 Å². The van der Waals surface area contributed by atoms with E-state index < -0.39 is 5.92 Å². The Hall–Kier alpha value is -2.96. The summed E-state index contributed by atoms with van der Waals surface area (Å²) >= 11 is 1.58. The van der Waals surface area contributed by atoms with E-state index in [4.69, 9.17) is 0 Å². The minimum atomic E-state index is -0.422. The van der Waals surface area contributed by atoms with E-state index in [2.05, 4.69) is 41.5 Å². The molecule has 1 aliphatic heterocycles. The molecule has 0 fully saturated rings. The molecule has 5 nitrogen and oxygen atoms in total. The van der Waals surface area contributed by atoms with Crippen molar-refractivity contribution in [3.63, 3.8) is 0 Å². The maximum Gasteiger partial charge on any atom is 0.254 e. The van der Waals surface area contributed by atoms with Gasteiger partial charge >= 0.3 is 0 Å². The average Bonchev–Trinajstić information content (AvgIpc) is 3.34. The second kappa shape index (κ2) is 10.1. The van der Waals surface area contributed by atoms with Gasteiger partial charge in [0.25, 0.3) is 5.91 Å². The third kappa shape index (κ3) is 4.76. The molecule has 2 amide bonds. The van der Waals surface area contributed by atoms with E-state index >= 15 is 0 Å². The van der Waals surface area contributed by atoms with Crippen LogP contribution in [0.15, 0.2) is 72.1 Å². The van der Waals surface area contributed by atoms with Gasteiger partial charge in [-0.2, -0.15) is 0 Å². The van der Waals surface area contributed by atoms with Crippen LogP contribution in [0.25, 0.3) is 0 Å². The first-order valence-electron chi connectivity index (χ1n) is 11.0. The molecule has 0 radical (unpaired) electrons. The number of nitrogens with zero attached hydrogens (tertiary/aromatic N) is 2. The van der Waals surface area contributed by atoms with Gasteiger partial charge in [0.1, 0.15) is 0 Å². The van der Waals surface area contributed by atoms with Crippen molar-refractivity contribution in [1.29, 1.82) is 0 Å². The van der Waals surface area contributed by atoms with E-state index in [1.165, 1.54) is 5.56 Å². The SMILES string of the molecule is CN(CCCNC(=O)[C@H]1c2ccccc2C(=O)N(C)[C@H]1c1cccs1)Cc1ccccc1. The molecule has 0 saturated heterocycles. The second-order valence-corrected chi connectivity index (χ2v) is 9.29. The van der Waals surface area contributed by atoms with E-state index in [-0.39, 0.29) is 17.9 Å². The highest BCUT2D eigenvalue weighted by Gasteiger charge is 2.42. The average molecular weight is 448 g/mol. The lowest BCUT2D eigenvalue weighted by atomic mass is 9.81. The number of carbonyl (C=O) groups is 2. The summed E-state index contributed by atoms with van der Waals surface area (Å²) in [6.07, 6.45) is 0.863. The maximum absolute atomic E-state index is 13.4. The third-order valence-corrected chi connectivity index (χ3v) is 6.95. The third-order valence-electron chi connectivity index (χ3n) is 6.01. The number of hydrogen-bond acceptors (Lipinski definition) is 4. The van der Waals surface area contributed by atoms with E-state index in [0.29, 0.717) is 12.1 Å². The smallest absolute Gasteiger partial charge is 0.254 e. The summed E-state index contributed by atoms with van der Waals surface area (Å²) in [6.45, 7) is 2.38. The zero-order valence-corrected chi connectivity index (χ0v) is 19.3. The monoisotopic (exact) mass is 447 g/mol. The molecule has 0 unspecified atom stereocenters. The van der Waals surface area contributed by atoms with Crippen molar-refractivity contribution in [2.45, 2.75) is 24.9 Å². The molecule has 166 valence electrons. The number of carbonyl (C=O) groups excluding carboxylic acids is 2. The van der Waals surface area contributed by atoms with Crippen LogP contribution in [0.5, 0.6) is 0 Å². The van der Waals surface area contributed by atoms with Crippen molar-refractivity contribution in [1.82, 2.24) is 15.1 Å². The molecule has 3 aromatic rings. The molecule has 2 heterocycles. The molecule has 32 heavy (non-hydrogen) atoms. The summed E-state index contributed by atoms with van der Waals surface area (Å²) in [7, 11) is 3.89. The van der Waals surface area contributed by atoms with Crippen molar-refractivity contribution in [3.05, 3.63) is 93.7 Å². The van der Waals surface area contributed by atoms with Crippen molar-refractivity contribution in [2.24, 2.45) is 0 Å². The van der Waals surface area contributed by atoms with Gasteiger partial charge in [-0.15, -0.1) is 11.3 Å². The summed E-state index contributed by atoms with van der Waals surface area (Å²) in [5.41, 5.74) is 2.71. The standard InChI is InChI=1S/C26H29N3O2S/c1-28(18-19-10-4-3-5-11-19)16-9-15-27-25(30)23-20-12-6-7-13-21(20)26(31)29(2)24(23)22-14-8-17-32-22/h3-8,10-14,17,23-24H,9,15-16,18H2,1-2H3,(H,27,30)/t23-,24-/m0/s1. The normalized spacial score (nSPS) is 18.0. The van der Waals surface area contributed by atoms with Crippen LogP contribution >= 0.6 is 11.3 Å². The lowest BCUT2D eigenvalue weighted by Crippen LogP contribution is -2.45. The highest BCUT2D eigenvalue weighted by Crippen LogP contribution is 2.43. The summed E-state index contributed by atoms with van der Waals surface area (Å²) in [4.78, 5) is 31.4. The Labute approximate surface area is 193 Å². The van der Waals surface area contributed by atoms with Crippen LogP contribution in [-0.4, -0.2) is 48.8 Å². The van der Waals surface area contributed by atoms with Crippen LogP contribution in [0.4, 0.5) is 0 Å². The van der Waals surface area contributed by atoms with Crippen molar-refractivity contribution in [3.8, 4) is 0 Å². The lowest BCUT2D eigenvalue weighted by Gasteiger charge is -2.39. The van der Waals surface area contributed by atoms with Crippen LogP contribution in [0.3, 0.4) is 0 Å². The van der Waals surface area contributed by atoms with Crippen molar-refractivity contribution in [2.75, 3.05) is 27.2 Å². The molecule has 1 aliphatic rings. The molecular formula is C26H29N3O2S. The van der Waals surface area contributed by atoms with Gasteiger partial charge in [0, 0.05) is 30.6 Å². The van der Waals surface area contributed by atoms with Crippen LogP contribution < -0.4 is 5.32 Å². The van der Waals surface area contributed by atoms with Gasteiger partial charge in [-0.05, 0) is 48.7 Å². The Morgan fingerprint density at radius 3 is 2.56 bits per heavy atom. The Kier molecular flexibility index (Phi) is 7.02. The lowest BCUT2D eigenvalue weighted by molar-refractivity contribution is -0.124. The maximum atomic E-state index is 13.4. The molecule has 2 aromatic carbocycles. The quantitative estimate of drug-likeness (QED) is 0.524. The van der Waals surface area contributed by atoms with Crippen LogP contribution in [0.1, 0.15) is 44.7 Å². The predicted molar refractivity (Wildman–Crippen MR) is 129 cm³/mol. The van der Waals surface area contributed by atoms with E-state index in [9.17, 15) is 9.59 Å². The Morgan fingerprint density at radius 1 is 1.06 bits per heavy atom. The fourth-order valence-corrected chi connectivity index (χ4v) is 5.32. The predicted octanol–water partition coefficient (Wildman–Crippen LogP) is 4.30. The van der Waals surface area contributed by atoms with Gasteiger partial charge in [-0.25, -0.2) is 0 Å². The Bertz CT molecular complexity index is 1050. The van der Waals surface area contributed by atoms with E-state index in [0.717, 1.165) is 30.0 Å². The molecule has 1 aromatic heterocycles. The van der Waals surface area contributed by atoms with Crippen LogP contribution in [0.2, 0.25) is 0 Å². The number of hydrogen-bond donors (Lipinski definition) is 1. The summed E-state index contributed by atoms with van der Waals surface area (Å²) in [5, 5.41) is 5.13. The second-order valence-electron chi connectivity index (χ2n) is 8.31. The fourth-order valence-electron chi connectivity index (χ4n) is 4.42. The molecule has 4 rings (SSSR count). The van der Waals surface area contributed by atoms with Crippen molar-refractivity contribution >= 4 is 23.2 Å². The number of fused-ring (bicyclic) bond motifs is 1. The number of likely N-dealkylation sites (N-methyl/N-ethyl adjacent to an activating group) is 1. The largest absolute Gasteiger partial charge is 0.355 e. The first kappa shape index (κ1) is 22.2. The molecular weight excluding hydrogens is 418 g/mol. The van der Waals surface area contributed by atoms with E-state index in [1.807, 2.05) is 47.8 Å². The number of rotatable bonds is 8. The Morgan fingerprint density at radius 2 is 1.81 bits per heavy atom. The van der Waals surface area contributed by atoms with Gasteiger partial charge in [0.15, 0.2) is 0 Å².